The molecule has 9 heteroatoms. The number of hydrogen-bond acceptors (Lipinski definition) is 5. The van der Waals surface area contributed by atoms with E-state index in [2.05, 4.69) is 9.82 Å². The van der Waals surface area contributed by atoms with E-state index in [0.29, 0.717) is 6.42 Å². The second-order valence-electron chi connectivity index (χ2n) is 4.41. The predicted octanol–water partition coefficient (Wildman–Crippen LogP) is 1.22. The van der Waals surface area contributed by atoms with Crippen LogP contribution in [0.3, 0.4) is 0 Å². The third kappa shape index (κ3) is 3.49. The van der Waals surface area contributed by atoms with Crippen LogP contribution in [-0.2, 0) is 30.0 Å². The molecule has 21 heavy (non-hydrogen) atoms. The van der Waals surface area contributed by atoms with Crippen LogP contribution >= 0.6 is 11.3 Å². The first kappa shape index (κ1) is 15.7. The molecular weight excluding hydrogens is 314 g/mol. The van der Waals surface area contributed by atoms with Gasteiger partial charge < -0.3 is 5.11 Å². The average molecular weight is 329 g/mol. The Kier molecular flexibility index (Phi) is 4.45. The second-order valence-corrected chi connectivity index (χ2v) is 7.32. The van der Waals surface area contributed by atoms with Crippen molar-refractivity contribution in [3.63, 3.8) is 0 Å². The molecule has 0 aliphatic heterocycles. The zero-order chi connectivity index (χ0) is 15.6. The number of nitrogens with one attached hydrogen (secondary N) is 1. The smallest absolute Gasteiger partial charge is 0.336 e. The van der Waals surface area contributed by atoms with Gasteiger partial charge in [0.25, 0.3) is 0 Å². The lowest BCUT2D eigenvalue weighted by atomic mass is 10.2. The van der Waals surface area contributed by atoms with Gasteiger partial charge in [0.2, 0.25) is 10.0 Å². The van der Waals surface area contributed by atoms with Gasteiger partial charge in [0, 0.05) is 30.7 Å². The maximum atomic E-state index is 12.1. The van der Waals surface area contributed by atoms with Gasteiger partial charge in [-0.2, -0.15) is 5.10 Å². The molecule has 7 nitrogen and oxygen atoms in total. The Morgan fingerprint density at radius 3 is 2.81 bits per heavy atom. The van der Waals surface area contributed by atoms with E-state index in [-0.39, 0.29) is 16.3 Å². The van der Waals surface area contributed by atoms with E-state index in [1.807, 2.05) is 6.92 Å². The Bertz CT molecular complexity index is 761. The fourth-order valence-corrected chi connectivity index (χ4v) is 4.05. The van der Waals surface area contributed by atoms with E-state index >= 15 is 0 Å². The Morgan fingerprint density at radius 2 is 2.24 bits per heavy atom. The van der Waals surface area contributed by atoms with Crippen molar-refractivity contribution in [3.05, 3.63) is 34.5 Å². The number of carboxylic acid groups (broad SMARTS) is 1. The number of sulfonamides is 1. The number of carbonyl (C=O) groups is 1. The van der Waals surface area contributed by atoms with Crippen LogP contribution in [-0.4, -0.2) is 29.3 Å². The molecule has 0 atom stereocenters. The molecule has 0 aliphatic rings. The van der Waals surface area contributed by atoms with Gasteiger partial charge in [0.05, 0.1) is 11.3 Å². The summed E-state index contributed by atoms with van der Waals surface area (Å²) in [5.41, 5.74) is 1.60. The number of nitrogens with zero attached hydrogens (tertiary/aromatic N) is 2. The standard InChI is InChI=1S/C12H15N3O4S2/c1-3-10-9(6-15(2)14-10)5-13-21(18,19)11-4-8(7-20-11)12(16)17/h4,6-7,13H,3,5H2,1-2H3,(H,16,17). The lowest BCUT2D eigenvalue weighted by molar-refractivity contribution is 0.0697. The maximum Gasteiger partial charge on any atom is 0.336 e. The molecule has 0 amide bonds. The highest BCUT2D eigenvalue weighted by molar-refractivity contribution is 7.91. The van der Waals surface area contributed by atoms with E-state index < -0.39 is 16.0 Å². The van der Waals surface area contributed by atoms with Gasteiger partial charge in [-0.1, -0.05) is 6.92 Å². The van der Waals surface area contributed by atoms with Crippen LogP contribution in [0.1, 0.15) is 28.5 Å². The van der Waals surface area contributed by atoms with Crippen LogP contribution in [0.2, 0.25) is 0 Å². The summed E-state index contributed by atoms with van der Waals surface area (Å²) < 4.78 is 28.3. The largest absolute Gasteiger partial charge is 0.478 e. The summed E-state index contributed by atoms with van der Waals surface area (Å²) in [5.74, 6) is -1.15. The molecule has 0 fully saturated rings. The summed E-state index contributed by atoms with van der Waals surface area (Å²) >= 11 is 0.883. The first-order chi connectivity index (χ1) is 9.83. The predicted molar refractivity (Wildman–Crippen MR) is 77.9 cm³/mol. The van der Waals surface area contributed by atoms with Gasteiger partial charge in [-0.3, -0.25) is 4.68 Å². The summed E-state index contributed by atoms with van der Waals surface area (Å²) in [5, 5.41) is 14.4. The van der Waals surface area contributed by atoms with Crippen molar-refractivity contribution in [1.29, 1.82) is 0 Å². The highest BCUT2D eigenvalue weighted by atomic mass is 32.2. The Labute approximate surface area is 126 Å². The molecular formula is C12H15N3O4S2. The molecule has 0 radical (unpaired) electrons. The SMILES string of the molecule is CCc1nn(C)cc1CNS(=O)(=O)c1cc(C(=O)O)cs1. The number of aromatic carboxylic acids is 1. The van der Waals surface area contributed by atoms with Gasteiger partial charge in [-0.25, -0.2) is 17.9 Å². The first-order valence-electron chi connectivity index (χ1n) is 6.16. The van der Waals surface area contributed by atoms with Crippen molar-refractivity contribution in [2.24, 2.45) is 7.05 Å². The number of thiophene rings is 1. The van der Waals surface area contributed by atoms with Crippen molar-refractivity contribution in [2.75, 3.05) is 0 Å². The Balaban J connectivity index is 2.15. The van der Waals surface area contributed by atoms with Crippen LogP contribution < -0.4 is 4.72 Å². The van der Waals surface area contributed by atoms with Crippen LogP contribution in [0.4, 0.5) is 0 Å². The van der Waals surface area contributed by atoms with Crippen LogP contribution in [0.5, 0.6) is 0 Å². The molecule has 2 heterocycles. The van der Waals surface area contributed by atoms with Gasteiger partial charge in [-0.05, 0) is 12.5 Å². The summed E-state index contributed by atoms with van der Waals surface area (Å²) in [7, 11) is -1.95. The molecule has 0 saturated carbocycles. The number of carboxylic acids is 1. The second kappa shape index (κ2) is 5.96. The molecule has 2 aromatic rings. The van der Waals surface area contributed by atoms with Crippen LogP contribution in [0.25, 0.3) is 0 Å². The van der Waals surface area contributed by atoms with Gasteiger partial charge >= 0.3 is 5.97 Å². The lowest BCUT2D eigenvalue weighted by Gasteiger charge is -2.04. The summed E-state index contributed by atoms with van der Waals surface area (Å²) in [6.45, 7) is 2.07. The minimum absolute atomic E-state index is 0.0122. The molecule has 0 spiro atoms. The topological polar surface area (TPSA) is 101 Å². The van der Waals surface area contributed by atoms with Crippen molar-refractivity contribution in [3.8, 4) is 0 Å². The fourth-order valence-electron chi connectivity index (χ4n) is 1.84. The number of aromatic nitrogens is 2. The molecule has 0 saturated heterocycles. The normalized spacial score (nSPS) is 11.7. The fraction of sp³-hybridized carbons (Fsp3) is 0.333. The molecule has 0 bridgehead atoms. The zero-order valence-corrected chi connectivity index (χ0v) is 13.2. The third-order valence-electron chi connectivity index (χ3n) is 2.87. The lowest BCUT2D eigenvalue weighted by Crippen LogP contribution is -2.22. The third-order valence-corrected chi connectivity index (χ3v) is 5.71. The van der Waals surface area contributed by atoms with Gasteiger partial charge in [0.15, 0.2) is 0 Å². The Hall–Kier alpha value is -1.71. The van der Waals surface area contributed by atoms with E-state index in [1.165, 1.54) is 5.38 Å². The first-order valence-corrected chi connectivity index (χ1v) is 8.52. The monoisotopic (exact) mass is 329 g/mol. The number of hydrogen-bond donors (Lipinski definition) is 2. The Morgan fingerprint density at radius 1 is 1.52 bits per heavy atom. The average Bonchev–Trinajstić information content (AvgIpc) is 3.03. The number of rotatable bonds is 6. The van der Waals surface area contributed by atoms with Gasteiger partial charge in [-0.15, -0.1) is 11.3 Å². The quantitative estimate of drug-likeness (QED) is 0.830. The molecule has 114 valence electrons. The minimum Gasteiger partial charge on any atom is -0.478 e. The van der Waals surface area contributed by atoms with E-state index in [4.69, 9.17) is 5.11 Å². The number of aryl methyl sites for hydroxylation is 2. The highest BCUT2D eigenvalue weighted by Gasteiger charge is 2.19. The molecule has 2 N–H and O–H groups in total. The summed E-state index contributed by atoms with van der Waals surface area (Å²) in [4.78, 5) is 10.8. The van der Waals surface area contributed by atoms with Gasteiger partial charge in [0.1, 0.15) is 4.21 Å². The molecule has 2 aromatic heterocycles. The minimum atomic E-state index is -3.72. The van der Waals surface area contributed by atoms with Crippen molar-refractivity contribution < 1.29 is 18.3 Å². The van der Waals surface area contributed by atoms with E-state index in [9.17, 15) is 13.2 Å². The van der Waals surface area contributed by atoms with Crippen LogP contribution in [0.15, 0.2) is 21.9 Å². The van der Waals surface area contributed by atoms with Crippen molar-refractivity contribution >= 4 is 27.3 Å². The zero-order valence-electron chi connectivity index (χ0n) is 11.5. The van der Waals surface area contributed by atoms with Crippen molar-refractivity contribution in [2.45, 2.75) is 24.1 Å². The summed E-state index contributed by atoms with van der Waals surface area (Å²) in [6.07, 6.45) is 2.47. The summed E-state index contributed by atoms with van der Waals surface area (Å²) in [6, 6.07) is 1.15. The molecule has 2 rings (SSSR count). The highest BCUT2D eigenvalue weighted by Crippen LogP contribution is 2.20. The molecule has 0 unspecified atom stereocenters. The van der Waals surface area contributed by atoms with Crippen molar-refractivity contribution in [1.82, 2.24) is 14.5 Å². The molecule has 0 aromatic carbocycles. The van der Waals surface area contributed by atoms with Crippen LogP contribution in [0, 0.1) is 0 Å². The molecule has 0 aliphatic carbocycles. The van der Waals surface area contributed by atoms with E-state index in [1.54, 1.807) is 17.9 Å². The van der Waals surface area contributed by atoms with E-state index in [0.717, 1.165) is 28.7 Å². The maximum absolute atomic E-state index is 12.1.